The van der Waals surface area contributed by atoms with E-state index in [9.17, 15) is 4.79 Å². The Morgan fingerprint density at radius 1 is 1.38 bits per heavy atom. The highest BCUT2D eigenvalue weighted by atomic mass is 35.5. The molecule has 2 nitrogen and oxygen atoms in total. The summed E-state index contributed by atoms with van der Waals surface area (Å²) in [5.41, 5.74) is 0. The van der Waals surface area contributed by atoms with Gasteiger partial charge in [-0.05, 0) is 12.8 Å². The van der Waals surface area contributed by atoms with Crippen LogP contribution in [-0.4, -0.2) is 16.5 Å². The molecule has 0 aliphatic rings. The molecule has 1 N–H and O–H groups in total. The second-order valence-electron chi connectivity index (χ2n) is 3.36. The number of hydrogen-bond acceptors (Lipinski definition) is 1. The maximum atomic E-state index is 10.7. The van der Waals surface area contributed by atoms with Crippen molar-refractivity contribution in [1.29, 1.82) is 0 Å². The van der Waals surface area contributed by atoms with Crippen LogP contribution in [0.25, 0.3) is 0 Å². The normalized spacial score (nSPS) is 15.3. The number of carboxylic acid groups (broad SMARTS) is 1. The second kappa shape index (κ2) is 7.19. The van der Waals surface area contributed by atoms with Crippen molar-refractivity contribution in [3.63, 3.8) is 0 Å². The lowest BCUT2D eigenvalue weighted by Gasteiger charge is -2.15. The number of alkyl halides is 1. The maximum absolute atomic E-state index is 10.7. The predicted octanol–water partition coefficient (Wildman–Crippen LogP) is 3.28. The van der Waals surface area contributed by atoms with E-state index in [0.29, 0.717) is 6.42 Å². The smallest absolute Gasteiger partial charge is 0.307 e. The Bertz CT molecular complexity index is 148. The fourth-order valence-corrected chi connectivity index (χ4v) is 1.82. The zero-order chi connectivity index (χ0) is 10.3. The molecule has 0 aromatic carbocycles. The first kappa shape index (κ1) is 12.8. The van der Waals surface area contributed by atoms with Crippen LogP contribution in [0.1, 0.15) is 46.0 Å². The Balaban J connectivity index is 3.77. The van der Waals surface area contributed by atoms with Crippen molar-refractivity contribution < 1.29 is 9.90 Å². The minimum absolute atomic E-state index is 0.200. The van der Waals surface area contributed by atoms with Gasteiger partial charge in [0, 0.05) is 5.38 Å². The molecule has 0 radical (unpaired) electrons. The van der Waals surface area contributed by atoms with E-state index in [1.54, 1.807) is 0 Å². The van der Waals surface area contributed by atoms with Crippen molar-refractivity contribution in [2.24, 2.45) is 5.92 Å². The molecule has 2 atom stereocenters. The van der Waals surface area contributed by atoms with Crippen LogP contribution in [0.3, 0.4) is 0 Å². The van der Waals surface area contributed by atoms with E-state index < -0.39 is 5.97 Å². The Kier molecular flexibility index (Phi) is 7.06. The zero-order valence-corrected chi connectivity index (χ0v) is 9.18. The summed E-state index contributed by atoms with van der Waals surface area (Å²) in [7, 11) is 0. The molecular weight excluding hydrogens is 188 g/mol. The Morgan fingerprint density at radius 2 is 2.00 bits per heavy atom. The van der Waals surface area contributed by atoms with Crippen molar-refractivity contribution in [3.8, 4) is 0 Å². The van der Waals surface area contributed by atoms with Crippen molar-refractivity contribution in [1.82, 2.24) is 0 Å². The third-order valence-corrected chi connectivity index (χ3v) is 2.80. The third-order valence-electron chi connectivity index (χ3n) is 2.28. The zero-order valence-electron chi connectivity index (χ0n) is 8.42. The number of halogens is 1. The summed E-state index contributed by atoms with van der Waals surface area (Å²) in [5.74, 6) is -1.14. The molecule has 13 heavy (non-hydrogen) atoms. The predicted molar refractivity (Wildman–Crippen MR) is 55.2 cm³/mol. The Morgan fingerprint density at radius 3 is 2.38 bits per heavy atom. The lowest BCUT2D eigenvalue weighted by molar-refractivity contribution is -0.141. The van der Waals surface area contributed by atoms with Crippen LogP contribution >= 0.6 is 11.6 Å². The molecule has 0 saturated heterocycles. The molecule has 0 rings (SSSR count). The summed E-state index contributed by atoms with van der Waals surface area (Å²) >= 11 is 6.00. The van der Waals surface area contributed by atoms with Crippen molar-refractivity contribution in [2.75, 3.05) is 0 Å². The van der Waals surface area contributed by atoms with E-state index in [-0.39, 0.29) is 11.3 Å². The van der Waals surface area contributed by atoms with Crippen LogP contribution in [0.4, 0.5) is 0 Å². The van der Waals surface area contributed by atoms with E-state index in [0.717, 1.165) is 25.7 Å². The summed E-state index contributed by atoms with van der Waals surface area (Å²) in [4.78, 5) is 10.7. The highest BCUT2D eigenvalue weighted by Gasteiger charge is 2.23. The van der Waals surface area contributed by atoms with Gasteiger partial charge in [0.25, 0.3) is 0 Å². The van der Waals surface area contributed by atoms with Crippen LogP contribution in [0.5, 0.6) is 0 Å². The number of unbranched alkanes of at least 4 members (excludes halogenated alkanes) is 2. The summed E-state index contributed by atoms with van der Waals surface area (Å²) in [6.07, 6.45) is 4.76. The van der Waals surface area contributed by atoms with E-state index >= 15 is 0 Å². The number of carbonyl (C=O) groups is 1. The second-order valence-corrected chi connectivity index (χ2v) is 3.93. The van der Waals surface area contributed by atoms with Gasteiger partial charge >= 0.3 is 5.97 Å². The number of aliphatic carboxylic acids is 1. The first-order chi connectivity index (χ1) is 6.13. The van der Waals surface area contributed by atoms with E-state index in [1.807, 2.05) is 6.92 Å². The molecular formula is C10H19ClO2. The quantitative estimate of drug-likeness (QED) is 0.513. The van der Waals surface area contributed by atoms with Gasteiger partial charge in [0.15, 0.2) is 0 Å². The van der Waals surface area contributed by atoms with Crippen molar-refractivity contribution in [3.05, 3.63) is 0 Å². The molecule has 0 spiro atoms. The van der Waals surface area contributed by atoms with Crippen LogP contribution in [0.15, 0.2) is 0 Å². The minimum atomic E-state index is -0.765. The van der Waals surface area contributed by atoms with Gasteiger partial charge in [-0.3, -0.25) is 4.79 Å². The van der Waals surface area contributed by atoms with Gasteiger partial charge in [-0.15, -0.1) is 11.6 Å². The molecule has 0 aliphatic heterocycles. The van der Waals surface area contributed by atoms with Crippen molar-refractivity contribution >= 4 is 17.6 Å². The Labute approximate surface area is 85.3 Å². The standard InChI is InChI=1S/C10H19ClO2/c1-3-5-6-7-9(11)8(4-2)10(12)13/h8-9H,3-7H2,1-2H3,(H,12,13). The van der Waals surface area contributed by atoms with E-state index in [2.05, 4.69) is 6.92 Å². The maximum Gasteiger partial charge on any atom is 0.307 e. The lowest BCUT2D eigenvalue weighted by Crippen LogP contribution is -2.23. The SMILES string of the molecule is CCCCCC(Cl)C(CC)C(=O)O. The first-order valence-corrected chi connectivity index (χ1v) is 5.44. The summed E-state index contributed by atoms with van der Waals surface area (Å²) in [6.45, 7) is 3.99. The van der Waals surface area contributed by atoms with Gasteiger partial charge < -0.3 is 5.11 Å². The van der Waals surface area contributed by atoms with Crippen LogP contribution in [0, 0.1) is 5.92 Å². The largest absolute Gasteiger partial charge is 0.481 e. The molecule has 0 heterocycles. The molecule has 0 fully saturated rings. The summed E-state index contributed by atoms with van der Waals surface area (Å²) in [5, 5.41) is 8.62. The molecule has 0 saturated carbocycles. The molecule has 0 aromatic heterocycles. The summed E-state index contributed by atoms with van der Waals surface area (Å²) in [6, 6.07) is 0. The average Bonchev–Trinajstić information content (AvgIpc) is 2.05. The van der Waals surface area contributed by atoms with Gasteiger partial charge in [-0.1, -0.05) is 33.1 Å². The van der Waals surface area contributed by atoms with Gasteiger partial charge in [-0.25, -0.2) is 0 Å². The molecule has 0 amide bonds. The Hall–Kier alpha value is -0.240. The average molecular weight is 207 g/mol. The minimum Gasteiger partial charge on any atom is -0.481 e. The van der Waals surface area contributed by atoms with Crippen LogP contribution < -0.4 is 0 Å². The monoisotopic (exact) mass is 206 g/mol. The molecule has 0 bridgehead atoms. The molecule has 0 aliphatic carbocycles. The number of carboxylic acids is 1. The molecule has 0 aromatic rings. The highest BCUT2D eigenvalue weighted by Crippen LogP contribution is 2.20. The van der Waals surface area contributed by atoms with E-state index in [4.69, 9.17) is 16.7 Å². The highest BCUT2D eigenvalue weighted by molar-refractivity contribution is 6.21. The van der Waals surface area contributed by atoms with Crippen LogP contribution in [0.2, 0.25) is 0 Å². The van der Waals surface area contributed by atoms with Gasteiger partial charge in [-0.2, -0.15) is 0 Å². The van der Waals surface area contributed by atoms with Crippen LogP contribution in [-0.2, 0) is 4.79 Å². The summed E-state index contributed by atoms with van der Waals surface area (Å²) < 4.78 is 0. The number of hydrogen-bond donors (Lipinski definition) is 1. The van der Waals surface area contributed by atoms with Gasteiger partial charge in [0.1, 0.15) is 0 Å². The fraction of sp³-hybridized carbons (Fsp3) is 0.900. The molecule has 3 heteroatoms. The molecule has 78 valence electrons. The third kappa shape index (κ3) is 5.14. The number of rotatable bonds is 7. The topological polar surface area (TPSA) is 37.3 Å². The lowest BCUT2D eigenvalue weighted by atomic mass is 9.98. The first-order valence-electron chi connectivity index (χ1n) is 5.00. The van der Waals surface area contributed by atoms with E-state index in [1.165, 1.54) is 0 Å². The molecule has 2 unspecified atom stereocenters. The fourth-order valence-electron chi connectivity index (χ4n) is 1.38. The van der Waals surface area contributed by atoms with Gasteiger partial charge in [0.2, 0.25) is 0 Å². The van der Waals surface area contributed by atoms with Gasteiger partial charge in [0.05, 0.1) is 5.92 Å². The van der Waals surface area contributed by atoms with Crippen molar-refractivity contribution in [2.45, 2.75) is 51.3 Å².